The summed E-state index contributed by atoms with van der Waals surface area (Å²) in [5.41, 5.74) is 14.0. The second-order valence-electron chi connectivity index (χ2n) is 34.2. The van der Waals surface area contributed by atoms with Crippen molar-refractivity contribution in [3.8, 4) is 22.3 Å². The Balaban J connectivity index is 1.14. The van der Waals surface area contributed by atoms with Gasteiger partial charge in [-0.15, -0.1) is 0 Å². The van der Waals surface area contributed by atoms with E-state index in [9.17, 15) is 10.0 Å². The first-order chi connectivity index (χ1) is 49.9. The highest BCUT2D eigenvalue weighted by Crippen LogP contribution is 2.63. The Labute approximate surface area is 634 Å². The van der Waals surface area contributed by atoms with Crippen molar-refractivity contribution < 1.29 is 19.4 Å². The second-order valence-corrected chi connectivity index (χ2v) is 35.2. The molecule has 8 rings (SSSR count). The number of hydrogen-bond acceptors (Lipinski definition) is 10. The maximum absolute atomic E-state index is 11.4. The van der Waals surface area contributed by atoms with Crippen LogP contribution in [0.5, 0.6) is 0 Å². The quantitative estimate of drug-likeness (QED) is 0.0293. The number of rotatable bonds is 62. The van der Waals surface area contributed by atoms with Crippen LogP contribution in [0.3, 0.4) is 0 Å². The maximum atomic E-state index is 11.4. The van der Waals surface area contributed by atoms with Gasteiger partial charge in [0.15, 0.2) is 0 Å². The van der Waals surface area contributed by atoms with Crippen molar-refractivity contribution in [1.29, 1.82) is 0 Å². The lowest BCUT2D eigenvalue weighted by atomic mass is 9.67. The van der Waals surface area contributed by atoms with Crippen LogP contribution in [0, 0.1) is 0 Å². The third kappa shape index (κ3) is 24.4. The fraction of sp³-hybridized carbons (Fsp3) is 0.800. The first-order valence-corrected chi connectivity index (χ1v) is 45.9. The predicted molar refractivity (Wildman–Crippen MR) is 446 cm³/mol. The molecule has 0 bridgehead atoms. The van der Waals surface area contributed by atoms with Gasteiger partial charge in [0.1, 0.15) is 22.1 Å². The van der Waals surface area contributed by atoms with Crippen LogP contribution < -0.4 is 10.9 Å². The highest BCUT2D eigenvalue weighted by Gasteiger charge is 2.55. The minimum atomic E-state index is -1.64. The van der Waals surface area contributed by atoms with Crippen LogP contribution in [-0.4, -0.2) is 53.0 Å². The molecule has 0 atom stereocenters. The largest absolute Gasteiger partial charge is 0.497 e. The molecule has 1 saturated heterocycles. The second kappa shape index (κ2) is 46.6. The third-order valence-corrected chi connectivity index (χ3v) is 26.6. The number of hydrogen-bond donors (Lipinski definition) is 2. The molecule has 3 aliphatic rings. The zero-order valence-corrected chi connectivity index (χ0v) is 68.8. The Bertz CT molecular complexity index is 3020. The molecule has 572 valence electrons. The van der Waals surface area contributed by atoms with Gasteiger partial charge in [-0.2, -0.15) is 17.5 Å². The molecule has 0 unspecified atom stereocenters. The molecular weight excluding hydrogens is 1290 g/mol. The molecule has 3 aromatic carbocycles. The summed E-state index contributed by atoms with van der Waals surface area (Å²) in [6.45, 7) is 18.0. The van der Waals surface area contributed by atoms with Gasteiger partial charge in [-0.3, -0.25) is 0 Å². The van der Waals surface area contributed by atoms with Crippen molar-refractivity contribution >= 4 is 70.7 Å². The minimum absolute atomic E-state index is 0.278. The van der Waals surface area contributed by atoms with Gasteiger partial charge >= 0.3 is 14.2 Å². The van der Waals surface area contributed by atoms with Gasteiger partial charge in [0.05, 0.1) is 34.7 Å². The van der Waals surface area contributed by atoms with E-state index in [0.29, 0.717) is 11.0 Å². The van der Waals surface area contributed by atoms with E-state index in [1.54, 1.807) is 0 Å². The van der Waals surface area contributed by atoms with E-state index in [2.05, 4.69) is 79.7 Å². The van der Waals surface area contributed by atoms with Gasteiger partial charge in [-0.1, -0.05) is 399 Å². The summed E-state index contributed by atoms with van der Waals surface area (Å²) in [7, 11) is -2.20. The zero-order chi connectivity index (χ0) is 72.1. The number of aromatic nitrogens is 4. The summed E-state index contributed by atoms with van der Waals surface area (Å²) < 4.78 is 35.0. The SMILES string of the molecule is CCCCCCCCCCCCCCCCC1(CCCCCCCCCCCCCCCC)c2cc3c(cc2-c2c1cc(B(O)O)c1nsnc21)C(CCCCCCCCCCCCCCCC)(CCCCCCCCCCCCCCCC)c1cc(B2OC(C)(C)C(C)(C)O2)c2nsnc2c1-3. The van der Waals surface area contributed by atoms with Crippen LogP contribution in [0.1, 0.15) is 463 Å². The first kappa shape index (κ1) is 84.9. The number of fused-ring (bicyclic) bond motifs is 10. The fourth-order valence-electron chi connectivity index (χ4n) is 18.5. The standard InChI is InChI=1S/C90H150B2N4O4S2/c1-9-13-17-21-25-29-33-37-41-45-49-53-57-61-65-89(66-62-58-54-50-46-42-38-34-30-26-22-18-14-10-2)75-70-74-76(69-73(75)81-77(89)71-79(91(97)98)83-85(81)95-101-93-83)90(67-63-59-55-51-47-43-39-35-31-27-23-19-15-11-3,68-64-60-56-52-48-44-40-36-32-28-24-20-16-12-4)78-72-80(84-86(82(74)78)96-102-94-84)92-99-87(5,6)88(7,8)100-92/h69-72,97-98H,9-68H2,1-8H3. The van der Waals surface area contributed by atoms with Crippen LogP contribution in [0.25, 0.3) is 44.3 Å². The van der Waals surface area contributed by atoms with Crippen molar-refractivity contribution in [2.45, 2.75) is 463 Å². The number of unbranched alkanes of at least 4 members (excludes halogenated alkanes) is 52. The van der Waals surface area contributed by atoms with E-state index in [0.717, 1.165) is 60.5 Å². The van der Waals surface area contributed by atoms with E-state index in [-0.39, 0.29) is 10.8 Å². The fourth-order valence-corrected chi connectivity index (χ4v) is 19.6. The highest BCUT2D eigenvalue weighted by atomic mass is 32.1. The number of benzene rings is 3. The molecule has 2 aromatic heterocycles. The van der Waals surface area contributed by atoms with Crippen molar-refractivity contribution in [1.82, 2.24) is 17.5 Å². The average molecular weight is 1440 g/mol. The molecule has 0 spiro atoms. The van der Waals surface area contributed by atoms with Crippen LogP contribution in [0.2, 0.25) is 0 Å². The Kier molecular flexibility index (Phi) is 38.8. The molecule has 5 aromatic rings. The Morgan fingerprint density at radius 2 is 0.539 bits per heavy atom. The van der Waals surface area contributed by atoms with Crippen LogP contribution in [-0.2, 0) is 20.1 Å². The molecule has 2 N–H and O–H groups in total. The van der Waals surface area contributed by atoms with Crippen molar-refractivity contribution in [2.24, 2.45) is 0 Å². The van der Waals surface area contributed by atoms with E-state index in [1.165, 1.54) is 415 Å². The molecule has 102 heavy (non-hydrogen) atoms. The monoisotopic (exact) mass is 1440 g/mol. The molecule has 0 radical (unpaired) electrons. The third-order valence-electron chi connectivity index (χ3n) is 25.5. The van der Waals surface area contributed by atoms with Gasteiger partial charge < -0.3 is 19.4 Å². The summed E-state index contributed by atoms with van der Waals surface area (Å²) in [5, 5.41) is 22.9. The molecule has 3 heterocycles. The molecule has 12 heteroatoms. The molecule has 2 aliphatic carbocycles. The lowest BCUT2D eigenvalue weighted by Crippen LogP contribution is -2.41. The van der Waals surface area contributed by atoms with Crippen molar-refractivity contribution in [3.63, 3.8) is 0 Å². The Morgan fingerprint density at radius 3 is 0.814 bits per heavy atom. The van der Waals surface area contributed by atoms with Crippen molar-refractivity contribution in [3.05, 3.63) is 46.5 Å². The summed E-state index contributed by atoms with van der Waals surface area (Å²) in [4.78, 5) is 0. The smallest absolute Gasteiger partial charge is 0.423 e. The van der Waals surface area contributed by atoms with E-state index in [4.69, 9.17) is 26.8 Å². The molecule has 0 amide bonds. The Hall–Kier alpha value is -2.73. The molecule has 1 fully saturated rings. The lowest BCUT2D eigenvalue weighted by molar-refractivity contribution is 0.00578. The van der Waals surface area contributed by atoms with Crippen molar-refractivity contribution in [2.75, 3.05) is 0 Å². The van der Waals surface area contributed by atoms with Gasteiger partial charge in [-0.25, -0.2) is 0 Å². The van der Waals surface area contributed by atoms with Gasteiger partial charge in [0, 0.05) is 32.9 Å². The van der Waals surface area contributed by atoms with Gasteiger partial charge in [-0.05, 0) is 98.9 Å². The van der Waals surface area contributed by atoms with Crippen LogP contribution in [0.4, 0.5) is 0 Å². The molecular formula is C90H150B2N4O4S2. The highest BCUT2D eigenvalue weighted by molar-refractivity contribution is 7.00. The number of nitrogens with zero attached hydrogens (tertiary/aromatic N) is 4. The zero-order valence-electron chi connectivity index (χ0n) is 67.2. The molecule has 8 nitrogen and oxygen atoms in total. The molecule has 0 saturated carbocycles. The van der Waals surface area contributed by atoms with Crippen LogP contribution in [0.15, 0.2) is 24.3 Å². The van der Waals surface area contributed by atoms with E-state index in [1.807, 2.05) is 0 Å². The first-order valence-electron chi connectivity index (χ1n) is 44.4. The van der Waals surface area contributed by atoms with Crippen LogP contribution >= 0.6 is 23.5 Å². The summed E-state index contributed by atoms with van der Waals surface area (Å²) in [5.74, 6) is 0. The lowest BCUT2D eigenvalue weighted by Gasteiger charge is -2.35. The average Bonchev–Trinajstić information content (AvgIpc) is 1.52. The topological polar surface area (TPSA) is 110 Å². The summed E-state index contributed by atoms with van der Waals surface area (Å²) >= 11 is 2.57. The predicted octanol–water partition coefficient (Wildman–Crippen LogP) is 27.7. The van der Waals surface area contributed by atoms with Gasteiger partial charge in [0.25, 0.3) is 0 Å². The minimum Gasteiger partial charge on any atom is -0.423 e. The maximum Gasteiger partial charge on any atom is 0.497 e. The Morgan fingerprint density at radius 1 is 0.304 bits per heavy atom. The van der Waals surface area contributed by atoms with E-state index < -0.39 is 25.4 Å². The van der Waals surface area contributed by atoms with Gasteiger partial charge in [0.2, 0.25) is 0 Å². The van der Waals surface area contributed by atoms with E-state index >= 15 is 0 Å². The summed E-state index contributed by atoms with van der Waals surface area (Å²) in [6.07, 6.45) is 79.2. The molecule has 1 aliphatic heterocycles. The normalized spacial score (nSPS) is 15.4. The summed E-state index contributed by atoms with van der Waals surface area (Å²) in [6, 6.07) is 10.2.